The molecule has 0 saturated carbocycles. The highest BCUT2D eigenvalue weighted by atomic mass is 79.9. The van der Waals surface area contributed by atoms with Crippen molar-refractivity contribution >= 4 is 56.7 Å². The van der Waals surface area contributed by atoms with Gasteiger partial charge in [0.05, 0.1) is 12.3 Å². The second-order valence-corrected chi connectivity index (χ2v) is 9.44. The topological polar surface area (TPSA) is 44.7 Å². The van der Waals surface area contributed by atoms with Crippen LogP contribution in [0.5, 0.6) is 0 Å². The molecule has 28 heavy (non-hydrogen) atoms. The molecular formula is C21H23BrClN3OS. The molecule has 0 spiro atoms. The number of urea groups is 1. The zero-order valence-electron chi connectivity index (χ0n) is 15.9. The van der Waals surface area contributed by atoms with Crippen LogP contribution in [0.15, 0.2) is 58.1 Å². The third-order valence-corrected chi connectivity index (χ3v) is 6.29. The number of halogens is 2. The van der Waals surface area contributed by atoms with Crippen molar-refractivity contribution in [3.05, 3.63) is 63.6 Å². The van der Waals surface area contributed by atoms with Crippen molar-refractivity contribution < 1.29 is 4.79 Å². The average Bonchev–Trinajstić information content (AvgIpc) is 3.02. The van der Waals surface area contributed by atoms with Crippen LogP contribution >= 0.6 is 39.3 Å². The Balaban J connectivity index is 1.82. The SMILES string of the molecule is CSCCCC1(C)CN(C(=O)Nc2ccc(Br)cc2)N=C1c1ccc(Cl)cc1. The number of hydrazone groups is 1. The number of carbonyl (C=O) groups is 1. The number of nitrogens with zero attached hydrogens (tertiary/aromatic N) is 2. The molecule has 7 heteroatoms. The molecule has 0 saturated heterocycles. The first-order valence-electron chi connectivity index (χ1n) is 9.09. The van der Waals surface area contributed by atoms with Crippen molar-refractivity contribution in [2.24, 2.45) is 10.5 Å². The summed E-state index contributed by atoms with van der Waals surface area (Å²) < 4.78 is 0.969. The van der Waals surface area contributed by atoms with Crippen molar-refractivity contribution in [3.63, 3.8) is 0 Å². The van der Waals surface area contributed by atoms with Gasteiger partial charge in [0.1, 0.15) is 0 Å². The quantitative estimate of drug-likeness (QED) is 0.479. The summed E-state index contributed by atoms with van der Waals surface area (Å²) in [5.41, 5.74) is 2.50. The van der Waals surface area contributed by atoms with E-state index >= 15 is 0 Å². The fourth-order valence-corrected chi connectivity index (χ4v) is 4.16. The summed E-state index contributed by atoms with van der Waals surface area (Å²) >= 11 is 11.3. The van der Waals surface area contributed by atoms with E-state index in [1.807, 2.05) is 60.3 Å². The molecule has 0 radical (unpaired) electrons. The van der Waals surface area contributed by atoms with E-state index in [9.17, 15) is 4.79 Å². The van der Waals surface area contributed by atoms with Gasteiger partial charge in [0.15, 0.2) is 0 Å². The molecule has 2 amide bonds. The zero-order chi connectivity index (χ0) is 20.1. The largest absolute Gasteiger partial charge is 0.342 e. The Kier molecular flexibility index (Phi) is 7.07. The molecule has 1 heterocycles. The average molecular weight is 481 g/mol. The Morgan fingerprint density at radius 1 is 1.25 bits per heavy atom. The van der Waals surface area contributed by atoms with Crippen molar-refractivity contribution in [2.75, 3.05) is 23.9 Å². The van der Waals surface area contributed by atoms with Gasteiger partial charge in [-0.15, -0.1) is 0 Å². The van der Waals surface area contributed by atoms with Crippen LogP contribution in [0, 0.1) is 5.41 Å². The lowest BCUT2D eigenvalue weighted by Gasteiger charge is -2.26. The fraction of sp³-hybridized carbons (Fsp3) is 0.333. The standard InChI is InChI=1S/C21H23BrClN3OS/c1-21(12-3-13-28-2)14-26(20(27)24-18-10-6-16(22)7-11-18)25-19(21)15-4-8-17(23)9-5-15/h4-11H,3,12-14H2,1-2H3,(H,24,27). The molecule has 148 valence electrons. The number of hydrogen-bond donors (Lipinski definition) is 1. The van der Waals surface area contributed by atoms with Gasteiger partial charge in [-0.3, -0.25) is 0 Å². The van der Waals surface area contributed by atoms with Gasteiger partial charge < -0.3 is 5.32 Å². The predicted molar refractivity (Wildman–Crippen MR) is 124 cm³/mol. The second kappa shape index (κ2) is 9.33. The van der Waals surface area contributed by atoms with Crippen molar-refractivity contribution in [3.8, 4) is 0 Å². The minimum absolute atomic E-state index is 0.194. The maximum absolute atomic E-state index is 12.8. The van der Waals surface area contributed by atoms with E-state index in [4.69, 9.17) is 16.7 Å². The first-order chi connectivity index (χ1) is 13.4. The molecule has 1 unspecified atom stereocenters. The van der Waals surface area contributed by atoms with Crippen molar-refractivity contribution in [1.82, 2.24) is 5.01 Å². The Morgan fingerprint density at radius 2 is 1.93 bits per heavy atom. The van der Waals surface area contributed by atoms with Crippen LogP contribution in [-0.4, -0.2) is 35.3 Å². The summed E-state index contributed by atoms with van der Waals surface area (Å²) in [4.78, 5) is 12.8. The molecule has 0 aliphatic carbocycles. The molecule has 2 aromatic rings. The van der Waals surface area contributed by atoms with Crippen LogP contribution in [0.4, 0.5) is 10.5 Å². The minimum Gasteiger partial charge on any atom is -0.306 e. The van der Waals surface area contributed by atoms with Gasteiger partial charge in [-0.2, -0.15) is 16.9 Å². The highest BCUT2D eigenvalue weighted by molar-refractivity contribution is 9.10. The van der Waals surface area contributed by atoms with Crippen LogP contribution < -0.4 is 5.32 Å². The van der Waals surface area contributed by atoms with E-state index in [1.54, 1.807) is 5.01 Å². The van der Waals surface area contributed by atoms with Gasteiger partial charge in [0.2, 0.25) is 0 Å². The highest BCUT2D eigenvalue weighted by Crippen LogP contribution is 2.36. The lowest BCUT2D eigenvalue weighted by molar-refractivity contribution is 0.206. The third kappa shape index (κ3) is 5.10. The summed E-state index contributed by atoms with van der Waals surface area (Å²) in [5, 5.41) is 9.88. The van der Waals surface area contributed by atoms with Gasteiger partial charge in [0, 0.05) is 20.6 Å². The van der Waals surface area contributed by atoms with E-state index in [0.29, 0.717) is 11.6 Å². The summed E-state index contributed by atoms with van der Waals surface area (Å²) in [6.07, 6.45) is 4.16. The maximum Gasteiger partial charge on any atom is 0.342 e. The van der Waals surface area contributed by atoms with Crippen LogP contribution in [-0.2, 0) is 0 Å². The van der Waals surface area contributed by atoms with Crippen molar-refractivity contribution in [2.45, 2.75) is 19.8 Å². The molecule has 4 nitrogen and oxygen atoms in total. The molecule has 2 aromatic carbocycles. The maximum atomic E-state index is 12.8. The predicted octanol–water partition coefficient (Wildman–Crippen LogP) is 6.50. The normalized spacial score (nSPS) is 18.9. The molecule has 1 N–H and O–H groups in total. The number of nitrogens with one attached hydrogen (secondary N) is 1. The lowest BCUT2D eigenvalue weighted by Crippen LogP contribution is -2.35. The van der Waals surface area contributed by atoms with Gasteiger partial charge >= 0.3 is 6.03 Å². The van der Waals surface area contributed by atoms with Crippen molar-refractivity contribution in [1.29, 1.82) is 0 Å². The number of thioether (sulfide) groups is 1. The number of benzene rings is 2. The Labute approximate surface area is 183 Å². The fourth-order valence-electron chi connectivity index (χ4n) is 3.34. The first kappa shape index (κ1) is 21.2. The van der Waals surface area contributed by atoms with Crippen LogP contribution in [0.3, 0.4) is 0 Å². The Hall–Kier alpha value is -1.50. The smallest absolute Gasteiger partial charge is 0.306 e. The van der Waals surface area contributed by atoms with Crippen LogP contribution in [0.25, 0.3) is 0 Å². The Bertz CT molecular complexity index is 857. The molecule has 1 aliphatic rings. The summed E-state index contributed by atoms with van der Waals surface area (Å²) in [6.45, 7) is 2.75. The molecule has 1 atom stereocenters. The summed E-state index contributed by atoms with van der Waals surface area (Å²) in [6, 6.07) is 15.0. The summed E-state index contributed by atoms with van der Waals surface area (Å²) in [5.74, 6) is 1.09. The van der Waals surface area contributed by atoms with E-state index < -0.39 is 0 Å². The lowest BCUT2D eigenvalue weighted by atomic mass is 9.78. The number of amides is 2. The van der Waals surface area contributed by atoms with Gasteiger partial charge in [0.25, 0.3) is 0 Å². The minimum atomic E-state index is -0.220. The second-order valence-electron chi connectivity index (χ2n) is 7.11. The highest BCUT2D eigenvalue weighted by Gasteiger charge is 2.40. The van der Waals surface area contributed by atoms with E-state index in [0.717, 1.165) is 40.0 Å². The van der Waals surface area contributed by atoms with E-state index in [2.05, 4.69) is 34.4 Å². The summed E-state index contributed by atoms with van der Waals surface area (Å²) in [7, 11) is 0. The van der Waals surface area contributed by atoms with E-state index in [-0.39, 0.29) is 11.4 Å². The molecular weight excluding hydrogens is 458 g/mol. The van der Waals surface area contributed by atoms with E-state index in [1.165, 1.54) is 0 Å². The number of rotatable bonds is 6. The molecule has 0 aromatic heterocycles. The van der Waals surface area contributed by atoms with Gasteiger partial charge in [-0.25, -0.2) is 9.80 Å². The molecule has 0 fully saturated rings. The first-order valence-corrected chi connectivity index (χ1v) is 11.7. The van der Waals surface area contributed by atoms with Gasteiger partial charge in [-0.1, -0.05) is 46.6 Å². The van der Waals surface area contributed by atoms with Gasteiger partial charge in [-0.05, 0) is 66.8 Å². The molecule has 1 aliphatic heterocycles. The molecule has 0 bridgehead atoms. The van der Waals surface area contributed by atoms with Crippen LogP contribution in [0.1, 0.15) is 25.3 Å². The monoisotopic (exact) mass is 479 g/mol. The zero-order valence-corrected chi connectivity index (χ0v) is 19.1. The number of anilines is 1. The number of carbonyl (C=O) groups excluding carboxylic acids is 1. The Morgan fingerprint density at radius 3 is 2.57 bits per heavy atom. The molecule has 3 rings (SSSR count). The third-order valence-electron chi connectivity index (χ3n) is 4.82. The number of hydrogen-bond acceptors (Lipinski definition) is 3. The van der Waals surface area contributed by atoms with Crippen LogP contribution in [0.2, 0.25) is 5.02 Å².